The molecule has 0 saturated heterocycles. The van der Waals surface area contributed by atoms with Gasteiger partial charge in [0.1, 0.15) is 11.6 Å². The molecule has 13 rings (SSSR count). The normalized spacial score (nSPS) is 11.6. The number of nitrogens with zero attached hydrogens (tertiary/aromatic N) is 3. The molecule has 0 aliphatic rings. The standard InChI is InChI=1S/C65H42FN3/c66-59-42-50(43-15-5-1-6-16-43)41-58(44-17-7-2-8-18-44)64(59)68(51-19-9-3-10-20-51)53-35-29-46(30-36-53)55-38-32-48-33-39-56-54(37-31-47-34-40-57(55)63(48)62(47)56)45-25-27-49(28-26-45)65-67-60-23-13-14-24-61(60)69(65)52-21-11-4-12-22-52/h1-42H. The van der Waals surface area contributed by atoms with Gasteiger partial charge >= 0.3 is 0 Å². The Hall–Kier alpha value is -9.12. The average Bonchev–Trinajstić information content (AvgIpc) is 3.82. The minimum atomic E-state index is -0.297. The molecule has 0 fully saturated rings. The Bertz CT molecular complexity index is 3980. The molecule has 13 aromatic rings. The van der Waals surface area contributed by atoms with E-state index >= 15 is 4.39 Å². The van der Waals surface area contributed by atoms with E-state index < -0.39 is 0 Å². The molecule has 69 heavy (non-hydrogen) atoms. The predicted molar refractivity (Wildman–Crippen MR) is 287 cm³/mol. The van der Waals surface area contributed by atoms with Crippen LogP contribution in [0.3, 0.4) is 0 Å². The monoisotopic (exact) mass is 883 g/mol. The fourth-order valence-electron chi connectivity index (χ4n) is 10.4. The van der Waals surface area contributed by atoms with Crippen LogP contribution in [0.15, 0.2) is 255 Å². The van der Waals surface area contributed by atoms with Gasteiger partial charge in [-0.15, -0.1) is 0 Å². The van der Waals surface area contributed by atoms with Crippen LogP contribution in [0.4, 0.5) is 21.5 Å². The molecule has 324 valence electrons. The first-order valence-corrected chi connectivity index (χ1v) is 23.4. The Balaban J connectivity index is 0.898. The van der Waals surface area contributed by atoms with E-state index in [1.807, 2.05) is 95.9 Å². The van der Waals surface area contributed by atoms with Crippen LogP contribution in [-0.4, -0.2) is 9.55 Å². The third-order valence-electron chi connectivity index (χ3n) is 13.6. The number of para-hydroxylation sites is 4. The smallest absolute Gasteiger partial charge is 0.148 e. The van der Waals surface area contributed by atoms with Crippen LogP contribution >= 0.6 is 0 Å². The van der Waals surface area contributed by atoms with Crippen LogP contribution in [0.25, 0.3) is 105 Å². The summed E-state index contributed by atoms with van der Waals surface area (Å²) < 4.78 is 19.4. The third-order valence-corrected chi connectivity index (χ3v) is 13.6. The number of rotatable bonds is 9. The van der Waals surface area contributed by atoms with E-state index in [0.717, 1.165) is 78.4 Å². The number of hydrogen-bond acceptors (Lipinski definition) is 2. The number of halogens is 1. The summed E-state index contributed by atoms with van der Waals surface area (Å²) in [4.78, 5) is 7.17. The van der Waals surface area contributed by atoms with E-state index in [2.05, 4.69) is 162 Å². The molecular weight excluding hydrogens is 842 g/mol. The second-order valence-corrected chi connectivity index (χ2v) is 17.6. The van der Waals surface area contributed by atoms with Gasteiger partial charge in [-0.3, -0.25) is 4.57 Å². The number of hydrogen-bond donors (Lipinski definition) is 0. The van der Waals surface area contributed by atoms with Gasteiger partial charge in [-0.05, 0) is 132 Å². The van der Waals surface area contributed by atoms with E-state index in [0.29, 0.717) is 5.69 Å². The summed E-state index contributed by atoms with van der Waals surface area (Å²) in [6.07, 6.45) is 0. The fourth-order valence-corrected chi connectivity index (χ4v) is 10.4. The second-order valence-electron chi connectivity index (χ2n) is 17.6. The lowest BCUT2D eigenvalue weighted by Gasteiger charge is -2.29. The molecule has 0 saturated carbocycles. The zero-order valence-corrected chi connectivity index (χ0v) is 37.5. The predicted octanol–water partition coefficient (Wildman–Crippen LogP) is 17.9. The summed E-state index contributed by atoms with van der Waals surface area (Å²) in [6, 6.07) is 88.3. The Kier molecular flexibility index (Phi) is 9.69. The van der Waals surface area contributed by atoms with E-state index in [1.54, 1.807) is 6.07 Å². The third kappa shape index (κ3) is 6.92. The lowest BCUT2D eigenvalue weighted by molar-refractivity contribution is 0.630. The second kappa shape index (κ2) is 16.6. The molecule has 0 spiro atoms. The van der Waals surface area contributed by atoms with Gasteiger partial charge < -0.3 is 4.90 Å². The Morgan fingerprint density at radius 1 is 0.362 bits per heavy atom. The van der Waals surface area contributed by atoms with Crippen LogP contribution in [-0.2, 0) is 0 Å². The molecule has 1 heterocycles. The highest BCUT2D eigenvalue weighted by Gasteiger charge is 2.24. The molecule has 0 radical (unpaired) electrons. The number of anilines is 3. The van der Waals surface area contributed by atoms with Crippen molar-refractivity contribution in [2.24, 2.45) is 0 Å². The van der Waals surface area contributed by atoms with Crippen LogP contribution in [0, 0.1) is 5.82 Å². The van der Waals surface area contributed by atoms with Gasteiger partial charge in [0.25, 0.3) is 0 Å². The van der Waals surface area contributed by atoms with Crippen molar-refractivity contribution in [1.82, 2.24) is 9.55 Å². The first kappa shape index (κ1) is 40.2. The van der Waals surface area contributed by atoms with Gasteiger partial charge in [-0.2, -0.15) is 0 Å². The molecular formula is C65H42FN3. The molecule has 0 N–H and O–H groups in total. The summed E-state index contributed by atoms with van der Waals surface area (Å²) in [6.45, 7) is 0. The van der Waals surface area contributed by atoms with Crippen LogP contribution < -0.4 is 4.90 Å². The SMILES string of the molecule is Fc1cc(-c2ccccc2)cc(-c2ccccc2)c1N(c1ccccc1)c1ccc(-c2ccc3ccc4c(-c5ccc(-c6nc7ccccc7n6-c6ccccc6)cc5)ccc5ccc2c3c54)cc1. The van der Waals surface area contributed by atoms with Crippen molar-refractivity contribution < 1.29 is 4.39 Å². The molecule has 0 unspecified atom stereocenters. The maximum absolute atomic E-state index is 17.1. The maximum Gasteiger partial charge on any atom is 0.148 e. The topological polar surface area (TPSA) is 21.1 Å². The summed E-state index contributed by atoms with van der Waals surface area (Å²) in [5.41, 5.74) is 14.5. The first-order valence-electron chi connectivity index (χ1n) is 23.4. The quantitative estimate of drug-likeness (QED) is 0.135. The Morgan fingerprint density at radius 2 is 0.841 bits per heavy atom. The number of imidazole rings is 1. The molecule has 0 aliphatic heterocycles. The lowest BCUT2D eigenvalue weighted by Crippen LogP contribution is -2.13. The molecule has 4 heteroatoms. The molecule has 0 aliphatic carbocycles. The van der Waals surface area contributed by atoms with Gasteiger partial charge in [0.15, 0.2) is 0 Å². The van der Waals surface area contributed by atoms with Gasteiger partial charge in [-0.25, -0.2) is 9.37 Å². The zero-order chi connectivity index (χ0) is 45.8. The van der Waals surface area contributed by atoms with Crippen molar-refractivity contribution in [1.29, 1.82) is 0 Å². The average molecular weight is 884 g/mol. The molecule has 12 aromatic carbocycles. The van der Waals surface area contributed by atoms with E-state index in [1.165, 1.54) is 37.9 Å². The van der Waals surface area contributed by atoms with Crippen molar-refractivity contribution in [3.63, 3.8) is 0 Å². The molecule has 1 aromatic heterocycles. The molecule has 0 atom stereocenters. The minimum Gasteiger partial charge on any atom is -0.307 e. The highest BCUT2D eigenvalue weighted by atomic mass is 19.1. The van der Waals surface area contributed by atoms with Crippen LogP contribution in [0.1, 0.15) is 0 Å². The zero-order valence-electron chi connectivity index (χ0n) is 37.5. The van der Waals surface area contributed by atoms with E-state index in [-0.39, 0.29) is 5.82 Å². The summed E-state index contributed by atoms with van der Waals surface area (Å²) in [7, 11) is 0. The molecule has 0 amide bonds. The van der Waals surface area contributed by atoms with Crippen molar-refractivity contribution >= 4 is 60.4 Å². The van der Waals surface area contributed by atoms with Crippen LogP contribution in [0.2, 0.25) is 0 Å². The van der Waals surface area contributed by atoms with Gasteiger partial charge in [0, 0.05) is 28.2 Å². The van der Waals surface area contributed by atoms with Crippen molar-refractivity contribution in [2.45, 2.75) is 0 Å². The van der Waals surface area contributed by atoms with E-state index in [4.69, 9.17) is 4.98 Å². The number of benzene rings is 12. The van der Waals surface area contributed by atoms with Gasteiger partial charge in [0.2, 0.25) is 0 Å². The largest absolute Gasteiger partial charge is 0.307 e. The van der Waals surface area contributed by atoms with E-state index in [9.17, 15) is 0 Å². The minimum absolute atomic E-state index is 0.297. The lowest BCUT2D eigenvalue weighted by atomic mass is 9.87. The van der Waals surface area contributed by atoms with Crippen molar-refractivity contribution in [3.05, 3.63) is 261 Å². The summed E-state index contributed by atoms with van der Waals surface area (Å²) in [5.74, 6) is 0.619. The van der Waals surface area contributed by atoms with Gasteiger partial charge in [0.05, 0.1) is 16.7 Å². The first-order chi connectivity index (χ1) is 34.1. The van der Waals surface area contributed by atoms with Crippen molar-refractivity contribution in [3.8, 4) is 61.6 Å². The van der Waals surface area contributed by atoms with Gasteiger partial charge in [-0.1, -0.05) is 194 Å². The fraction of sp³-hybridized carbons (Fsp3) is 0. The highest BCUT2D eigenvalue weighted by Crippen LogP contribution is 2.47. The summed E-state index contributed by atoms with van der Waals surface area (Å²) in [5, 5.41) is 7.33. The molecule has 3 nitrogen and oxygen atoms in total. The number of aromatic nitrogens is 2. The maximum atomic E-state index is 17.1. The van der Waals surface area contributed by atoms with Crippen molar-refractivity contribution in [2.75, 3.05) is 4.90 Å². The summed E-state index contributed by atoms with van der Waals surface area (Å²) >= 11 is 0. The Labute approximate surface area is 399 Å². The number of fused-ring (bicyclic) bond motifs is 1. The highest BCUT2D eigenvalue weighted by molar-refractivity contribution is 6.27. The molecule has 0 bridgehead atoms. The Morgan fingerprint density at radius 3 is 1.46 bits per heavy atom. The van der Waals surface area contributed by atoms with Crippen LogP contribution in [0.5, 0.6) is 0 Å².